The molecule has 0 saturated carbocycles. The lowest BCUT2D eigenvalue weighted by Gasteiger charge is -2.15. The van der Waals surface area contributed by atoms with Crippen molar-refractivity contribution in [3.63, 3.8) is 0 Å². The number of hydrazine groups is 1. The minimum atomic E-state index is 0.308. The van der Waals surface area contributed by atoms with Crippen molar-refractivity contribution in [2.75, 3.05) is 0 Å². The summed E-state index contributed by atoms with van der Waals surface area (Å²) in [7, 11) is 0. The van der Waals surface area contributed by atoms with Gasteiger partial charge in [-0.1, -0.05) is 69.4 Å². The Balaban J connectivity index is 2.27. The molecule has 0 aliphatic carbocycles. The molecular formula is C14H24N2. The van der Waals surface area contributed by atoms with Gasteiger partial charge in [-0.15, -0.1) is 0 Å². The molecule has 1 rings (SSSR count). The fourth-order valence-corrected chi connectivity index (χ4v) is 1.98. The second-order valence-electron chi connectivity index (χ2n) is 4.33. The van der Waals surface area contributed by atoms with E-state index in [1.54, 1.807) is 0 Å². The van der Waals surface area contributed by atoms with E-state index in [1.807, 2.05) is 6.07 Å². The van der Waals surface area contributed by atoms with Crippen molar-refractivity contribution in [3.8, 4) is 0 Å². The molecule has 2 nitrogen and oxygen atoms in total. The predicted molar refractivity (Wildman–Crippen MR) is 69.9 cm³/mol. The van der Waals surface area contributed by atoms with Gasteiger partial charge in [-0.3, -0.25) is 11.3 Å². The van der Waals surface area contributed by atoms with Crippen molar-refractivity contribution in [2.45, 2.75) is 51.5 Å². The Morgan fingerprint density at radius 3 is 2.38 bits per heavy atom. The third-order valence-corrected chi connectivity index (χ3v) is 3.00. The highest BCUT2D eigenvalue weighted by atomic mass is 15.2. The molecule has 1 atom stereocenters. The zero-order chi connectivity index (χ0) is 11.6. The van der Waals surface area contributed by atoms with Gasteiger partial charge in [0.25, 0.3) is 0 Å². The fraction of sp³-hybridized carbons (Fsp3) is 0.571. The van der Waals surface area contributed by atoms with Crippen LogP contribution in [0, 0.1) is 0 Å². The number of nitrogens with two attached hydrogens (primary N) is 1. The molecule has 0 aromatic heterocycles. The van der Waals surface area contributed by atoms with E-state index in [1.165, 1.54) is 37.7 Å². The van der Waals surface area contributed by atoms with Crippen LogP contribution in [0.2, 0.25) is 0 Å². The lowest BCUT2D eigenvalue weighted by atomic mass is 10.0. The van der Waals surface area contributed by atoms with Crippen molar-refractivity contribution < 1.29 is 0 Å². The number of rotatable bonds is 8. The molecule has 1 aromatic carbocycles. The van der Waals surface area contributed by atoms with Crippen LogP contribution in [0.3, 0.4) is 0 Å². The van der Waals surface area contributed by atoms with Gasteiger partial charge in [0.15, 0.2) is 0 Å². The quantitative estimate of drug-likeness (QED) is 0.399. The molecule has 0 heterocycles. The molecule has 90 valence electrons. The van der Waals surface area contributed by atoms with Gasteiger partial charge < -0.3 is 0 Å². The Hall–Kier alpha value is -0.860. The standard InChI is InChI=1S/C14H24N2/c1-2-3-4-5-9-12-14(16-15)13-10-7-6-8-11-13/h6-8,10-11,14,16H,2-5,9,12,15H2,1H3/t14-/m0/s1. The highest BCUT2D eigenvalue weighted by molar-refractivity contribution is 5.18. The molecular weight excluding hydrogens is 196 g/mol. The number of hydrogen-bond donors (Lipinski definition) is 2. The molecule has 0 spiro atoms. The van der Waals surface area contributed by atoms with Crippen molar-refractivity contribution in [1.82, 2.24) is 5.43 Å². The van der Waals surface area contributed by atoms with Gasteiger partial charge in [0.2, 0.25) is 0 Å². The Bertz CT molecular complexity index is 259. The first-order valence-electron chi connectivity index (χ1n) is 6.39. The third kappa shape index (κ3) is 4.77. The minimum absolute atomic E-state index is 0.308. The molecule has 0 fully saturated rings. The molecule has 0 aliphatic rings. The molecule has 2 heteroatoms. The zero-order valence-corrected chi connectivity index (χ0v) is 10.3. The average Bonchev–Trinajstić information content (AvgIpc) is 2.35. The van der Waals surface area contributed by atoms with E-state index < -0.39 is 0 Å². The third-order valence-electron chi connectivity index (χ3n) is 3.00. The van der Waals surface area contributed by atoms with Crippen LogP contribution in [0.1, 0.15) is 57.1 Å². The van der Waals surface area contributed by atoms with Gasteiger partial charge in [0.1, 0.15) is 0 Å². The first kappa shape index (κ1) is 13.2. The summed E-state index contributed by atoms with van der Waals surface area (Å²) >= 11 is 0. The van der Waals surface area contributed by atoms with Gasteiger partial charge in [0, 0.05) is 6.04 Å². The maximum absolute atomic E-state index is 5.60. The van der Waals surface area contributed by atoms with Crippen LogP contribution in [-0.2, 0) is 0 Å². The predicted octanol–water partition coefficient (Wildman–Crippen LogP) is 3.55. The van der Waals surface area contributed by atoms with Crippen molar-refractivity contribution in [1.29, 1.82) is 0 Å². The second-order valence-corrected chi connectivity index (χ2v) is 4.33. The molecule has 1 aromatic rings. The molecule has 0 saturated heterocycles. The smallest absolute Gasteiger partial charge is 0.0460 e. The Labute approximate surface area is 99.2 Å². The van der Waals surface area contributed by atoms with Crippen LogP contribution in [-0.4, -0.2) is 0 Å². The van der Waals surface area contributed by atoms with E-state index in [4.69, 9.17) is 5.84 Å². The second kappa shape index (κ2) is 8.31. The van der Waals surface area contributed by atoms with E-state index in [0.29, 0.717) is 6.04 Å². The van der Waals surface area contributed by atoms with Gasteiger partial charge >= 0.3 is 0 Å². The maximum atomic E-state index is 5.60. The van der Waals surface area contributed by atoms with Gasteiger partial charge in [0.05, 0.1) is 0 Å². The minimum Gasteiger partial charge on any atom is -0.271 e. The highest BCUT2D eigenvalue weighted by Gasteiger charge is 2.07. The zero-order valence-electron chi connectivity index (χ0n) is 10.3. The SMILES string of the molecule is CCCCCCC[C@H](NN)c1ccccc1. The summed E-state index contributed by atoms with van der Waals surface area (Å²) in [5.74, 6) is 5.60. The van der Waals surface area contributed by atoms with Crippen LogP contribution >= 0.6 is 0 Å². The summed E-state index contributed by atoms with van der Waals surface area (Å²) in [5, 5.41) is 0. The van der Waals surface area contributed by atoms with Gasteiger partial charge in [-0.25, -0.2) is 0 Å². The maximum Gasteiger partial charge on any atom is 0.0460 e. The number of unbranched alkanes of at least 4 members (excludes halogenated alkanes) is 4. The van der Waals surface area contributed by atoms with E-state index in [2.05, 4.69) is 36.6 Å². The summed E-state index contributed by atoms with van der Waals surface area (Å²) < 4.78 is 0. The topological polar surface area (TPSA) is 38.0 Å². The molecule has 0 unspecified atom stereocenters. The van der Waals surface area contributed by atoms with E-state index in [-0.39, 0.29) is 0 Å². The highest BCUT2D eigenvalue weighted by Crippen LogP contribution is 2.19. The summed E-state index contributed by atoms with van der Waals surface area (Å²) in [5.41, 5.74) is 4.20. The van der Waals surface area contributed by atoms with Crippen LogP contribution in [0.5, 0.6) is 0 Å². The summed E-state index contributed by atoms with van der Waals surface area (Å²) in [6, 6.07) is 10.8. The van der Waals surface area contributed by atoms with Crippen molar-refractivity contribution in [2.24, 2.45) is 5.84 Å². The number of nitrogens with one attached hydrogen (secondary N) is 1. The number of benzene rings is 1. The molecule has 16 heavy (non-hydrogen) atoms. The molecule has 3 N–H and O–H groups in total. The van der Waals surface area contributed by atoms with Crippen LogP contribution < -0.4 is 11.3 Å². The van der Waals surface area contributed by atoms with E-state index in [9.17, 15) is 0 Å². The molecule has 0 amide bonds. The lowest BCUT2D eigenvalue weighted by Crippen LogP contribution is -2.27. The molecule has 0 bridgehead atoms. The largest absolute Gasteiger partial charge is 0.271 e. The van der Waals surface area contributed by atoms with E-state index in [0.717, 1.165) is 6.42 Å². The van der Waals surface area contributed by atoms with Crippen LogP contribution in [0.4, 0.5) is 0 Å². The summed E-state index contributed by atoms with van der Waals surface area (Å²) in [4.78, 5) is 0. The first-order chi connectivity index (χ1) is 7.88. The summed E-state index contributed by atoms with van der Waals surface area (Å²) in [6.45, 7) is 2.24. The van der Waals surface area contributed by atoms with E-state index >= 15 is 0 Å². The van der Waals surface area contributed by atoms with Gasteiger partial charge in [-0.05, 0) is 12.0 Å². The monoisotopic (exact) mass is 220 g/mol. The molecule has 0 aliphatic heterocycles. The lowest BCUT2D eigenvalue weighted by molar-refractivity contribution is 0.479. The van der Waals surface area contributed by atoms with Crippen molar-refractivity contribution >= 4 is 0 Å². The Kier molecular flexibility index (Phi) is 6.86. The fourth-order valence-electron chi connectivity index (χ4n) is 1.98. The first-order valence-corrected chi connectivity index (χ1v) is 6.39. The normalized spacial score (nSPS) is 12.6. The van der Waals surface area contributed by atoms with Crippen molar-refractivity contribution in [3.05, 3.63) is 35.9 Å². The molecule has 0 radical (unpaired) electrons. The van der Waals surface area contributed by atoms with Crippen LogP contribution in [0.25, 0.3) is 0 Å². The van der Waals surface area contributed by atoms with Gasteiger partial charge in [-0.2, -0.15) is 0 Å². The summed E-state index contributed by atoms with van der Waals surface area (Å²) in [6.07, 6.45) is 7.71. The Morgan fingerprint density at radius 2 is 1.75 bits per heavy atom. The number of hydrogen-bond acceptors (Lipinski definition) is 2. The Morgan fingerprint density at radius 1 is 1.06 bits per heavy atom. The average molecular weight is 220 g/mol. The van der Waals surface area contributed by atoms with Crippen LogP contribution in [0.15, 0.2) is 30.3 Å².